The van der Waals surface area contributed by atoms with E-state index in [-0.39, 0.29) is 0 Å². The van der Waals surface area contributed by atoms with E-state index >= 15 is 0 Å². The van der Waals surface area contributed by atoms with Gasteiger partial charge in [-0.2, -0.15) is 11.8 Å². The van der Waals surface area contributed by atoms with Crippen LogP contribution in [0.1, 0.15) is 11.3 Å². The molecule has 20 heavy (non-hydrogen) atoms. The number of aliphatic imine (C=N–C) groups is 1. The van der Waals surface area contributed by atoms with Crippen molar-refractivity contribution in [2.45, 2.75) is 11.3 Å². The van der Waals surface area contributed by atoms with Crippen molar-refractivity contribution in [2.75, 3.05) is 18.1 Å². The number of hydrogen-bond donors (Lipinski definition) is 1. The van der Waals surface area contributed by atoms with Gasteiger partial charge >= 0.3 is 0 Å². The molecule has 0 bridgehead atoms. The Morgan fingerprint density at radius 2 is 1.95 bits per heavy atom. The van der Waals surface area contributed by atoms with Gasteiger partial charge in [0.2, 0.25) is 0 Å². The van der Waals surface area contributed by atoms with E-state index in [1.807, 2.05) is 60.6 Å². The number of rotatable bonds is 7. The lowest BCUT2D eigenvalue weighted by molar-refractivity contribution is 1.04. The Bertz CT molecular complexity index is 541. The maximum absolute atomic E-state index is 4.44. The largest absolute Gasteiger partial charge is 0.292 e. The van der Waals surface area contributed by atoms with Crippen LogP contribution in [0.4, 0.5) is 0 Å². The molecule has 2 rings (SSSR count). The molecular formula is C16H18N2S2. The minimum atomic E-state index is 0.842. The van der Waals surface area contributed by atoms with Gasteiger partial charge < -0.3 is 0 Å². The smallest absolute Gasteiger partial charge is 0.0480 e. The van der Waals surface area contributed by atoms with Crippen LogP contribution in [0.5, 0.6) is 0 Å². The van der Waals surface area contributed by atoms with Crippen LogP contribution in [0.2, 0.25) is 0 Å². The fourth-order valence-electron chi connectivity index (χ4n) is 1.70. The number of aromatic nitrogens is 1. The molecule has 0 amide bonds. The fraction of sp³-hybridized carbons (Fsp3) is 0.250. The van der Waals surface area contributed by atoms with Crippen LogP contribution in [-0.4, -0.2) is 29.2 Å². The highest BCUT2D eigenvalue weighted by Gasteiger charge is 1.94. The van der Waals surface area contributed by atoms with E-state index in [2.05, 4.69) is 28.7 Å². The molecule has 0 aliphatic heterocycles. The summed E-state index contributed by atoms with van der Waals surface area (Å²) in [5, 5.41) is 0. The molecule has 0 aliphatic carbocycles. The molecule has 0 saturated heterocycles. The van der Waals surface area contributed by atoms with Crippen molar-refractivity contribution in [2.24, 2.45) is 4.99 Å². The lowest BCUT2D eigenvalue weighted by Crippen LogP contribution is -1.94. The number of hydrogen-bond acceptors (Lipinski definition) is 4. The Morgan fingerprint density at radius 3 is 2.75 bits per heavy atom. The van der Waals surface area contributed by atoms with Gasteiger partial charge in [-0.15, -0.1) is 12.6 Å². The standard InChI is InChI=1S/C16H18N2S2/c19-16-7-2-1-5-14(16)13-17-10-12-20-11-8-15-6-3-4-9-18-15/h1-7,9,13,19H,8,10-12H2. The molecule has 2 nitrogen and oxygen atoms in total. The minimum absolute atomic E-state index is 0.842. The first-order valence-corrected chi connectivity index (χ1v) is 8.22. The predicted molar refractivity (Wildman–Crippen MR) is 91.4 cm³/mol. The van der Waals surface area contributed by atoms with Gasteiger partial charge in [0.15, 0.2) is 0 Å². The number of aryl methyl sites for hydroxylation is 1. The van der Waals surface area contributed by atoms with Gasteiger partial charge in [0.25, 0.3) is 0 Å². The van der Waals surface area contributed by atoms with Gasteiger partial charge in [-0.1, -0.05) is 24.3 Å². The highest BCUT2D eigenvalue weighted by atomic mass is 32.2. The van der Waals surface area contributed by atoms with E-state index in [0.717, 1.165) is 40.6 Å². The van der Waals surface area contributed by atoms with E-state index in [1.165, 1.54) is 0 Å². The Morgan fingerprint density at radius 1 is 1.10 bits per heavy atom. The summed E-state index contributed by atoms with van der Waals surface area (Å²) in [6.45, 7) is 0.842. The highest BCUT2D eigenvalue weighted by Crippen LogP contribution is 2.10. The zero-order valence-electron chi connectivity index (χ0n) is 11.3. The lowest BCUT2D eigenvalue weighted by Gasteiger charge is -2.00. The molecule has 2 aromatic rings. The van der Waals surface area contributed by atoms with Crippen LogP contribution >= 0.6 is 24.4 Å². The molecule has 0 unspecified atom stereocenters. The normalized spacial score (nSPS) is 11.1. The molecule has 0 spiro atoms. The van der Waals surface area contributed by atoms with E-state index in [0.29, 0.717) is 0 Å². The average Bonchev–Trinajstić information content (AvgIpc) is 2.49. The van der Waals surface area contributed by atoms with E-state index in [4.69, 9.17) is 0 Å². The summed E-state index contributed by atoms with van der Waals surface area (Å²) in [5.74, 6) is 2.13. The summed E-state index contributed by atoms with van der Waals surface area (Å²) in [6, 6.07) is 14.0. The first-order valence-electron chi connectivity index (χ1n) is 6.62. The first kappa shape index (κ1) is 15.1. The number of pyridine rings is 1. The zero-order valence-corrected chi connectivity index (χ0v) is 13.0. The van der Waals surface area contributed by atoms with Crippen LogP contribution in [0.3, 0.4) is 0 Å². The second-order valence-electron chi connectivity index (χ2n) is 4.28. The summed E-state index contributed by atoms with van der Waals surface area (Å²) < 4.78 is 0. The Balaban J connectivity index is 1.61. The summed E-state index contributed by atoms with van der Waals surface area (Å²) in [7, 11) is 0. The van der Waals surface area contributed by atoms with Gasteiger partial charge in [0.1, 0.15) is 0 Å². The molecule has 0 fully saturated rings. The zero-order chi connectivity index (χ0) is 14.0. The third-order valence-electron chi connectivity index (χ3n) is 2.76. The lowest BCUT2D eigenvalue weighted by atomic mass is 10.2. The molecule has 0 atom stereocenters. The van der Waals surface area contributed by atoms with Crippen molar-refractivity contribution < 1.29 is 0 Å². The monoisotopic (exact) mass is 302 g/mol. The maximum atomic E-state index is 4.44. The molecular weight excluding hydrogens is 284 g/mol. The SMILES string of the molecule is Sc1ccccc1C=NCCSCCc1ccccn1. The molecule has 104 valence electrons. The topological polar surface area (TPSA) is 25.2 Å². The van der Waals surface area contributed by atoms with Gasteiger partial charge in [-0.05, 0) is 30.4 Å². The second-order valence-corrected chi connectivity index (χ2v) is 5.98. The summed E-state index contributed by atoms with van der Waals surface area (Å²) >= 11 is 6.31. The van der Waals surface area contributed by atoms with Crippen molar-refractivity contribution >= 4 is 30.6 Å². The van der Waals surface area contributed by atoms with Gasteiger partial charge in [0.05, 0.1) is 0 Å². The van der Waals surface area contributed by atoms with Crippen LogP contribution in [0.25, 0.3) is 0 Å². The van der Waals surface area contributed by atoms with Crippen molar-refractivity contribution in [1.29, 1.82) is 0 Å². The molecule has 0 aliphatic rings. The molecule has 1 aromatic heterocycles. The Kier molecular flexibility index (Phi) is 6.68. The number of thioether (sulfide) groups is 1. The van der Waals surface area contributed by atoms with Crippen LogP contribution < -0.4 is 0 Å². The highest BCUT2D eigenvalue weighted by molar-refractivity contribution is 7.99. The number of nitrogens with zero attached hydrogens (tertiary/aromatic N) is 2. The number of thiol groups is 1. The molecule has 0 saturated carbocycles. The molecule has 1 heterocycles. The van der Waals surface area contributed by atoms with Gasteiger partial charge in [-0.3, -0.25) is 9.98 Å². The number of benzene rings is 1. The average molecular weight is 302 g/mol. The first-order chi connectivity index (χ1) is 9.86. The summed E-state index contributed by atoms with van der Waals surface area (Å²) in [4.78, 5) is 9.72. The van der Waals surface area contributed by atoms with Crippen LogP contribution in [0.15, 0.2) is 58.5 Å². The summed E-state index contributed by atoms with van der Waals surface area (Å²) in [6.07, 6.45) is 4.77. The Labute approximate surface area is 130 Å². The van der Waals surface area contributed by atoms with Crippen molar-refractivity contribution in [1.82, 2.24) is 4.98 Å². The van der Waals surface area contributed by atoms with Crippen LogP contribution in [0, 0.1) is 0 Å². The predicted octanol–water partition coefficient (Wildman–Crippen LogP) is 3.77. The van der Waals surface area contributed by atoms with Crippen molar-refractivity contribution in [3.05, 3.63) is 59.9 Å². The third-order valence-corrected chi connectivity index (χ3v) is 4.13. The quantitative estimate of drug-likeness (QED) is 0.478. The Hall–Kier alpha value is -1.26. The molecule has 4 heteroatoms. The minimum Gasteiger partial charge on any atom is -0.292 e. The molecule has 1 aromatic carbocycles. The third kappa shape index (κ3) is 5.39. The van der Waals surface area contributed by atoms with E-state index < -0.39 is 0 Å². The van der Waals surface area contributed by atoms with Gasteiger partial charge in [0, 0.05) is 40.9 Å². The van der Waals surface area contributed by atoms with Crippen molar-refractivity contribution in [3.8, 4) is 0 Å². The van der Waals surface area contributed by atoms with Crippen LogP contribution in [-0.2, 0) is 6.42 Å². The van der Waals surface area contributed by atoms with Crippen molar-refractivity contribution in [3.63, 3.8) is 0 Å². The molecule has 0 N–H and O–H groups in total. The fourth-order valence-corrected chi connectivity index (χ4v) is 2.71. The van der Waals surface area contributed by atoms with Gasteiger partial charge in [-0.25, -0.2) is 0 Å². The van der Waals surface area contributed by atoms with E-state index in [1.54, 1.807) is 0 Å². The maximum Gasteiger partial charge on any atom is 0.0480 e. The van der Waals surface area contributed by atoms with E-state index in [9.17, 15) is 0 Å². The second kappa shape index (κ2) is 8.82. The summed E-state index contributed by atoms with van der Waals surface area (Å²) in [5.41, 5.74) is 2.24. The molecule has 0 radical (unpaired) electrons.